The summed E-state index contributed by atoms with van der Waals surface area (Å²) in [4.78, 5) is 11.6. The molecule has 0 aliphatic heterocycles. The zero-order chi connectivity index (χ0) is 11.0. The summed E-state index contributed by atoms with van der Waals surface area (Å²) in [5.41, 5.74) is 5.41. The molecule has 0 fully saturated rings. The van der Waals surface area contributed by atoms with Gasteiger partial charge < -0.3 is 11.1 Å². The molecule has 0 aromatic heterocycles. The predicted molar refractivity (Wildman–Crippen MR) is 63.4 cm³/mol. The van der Waals surface area contributed by atoms with Gasteiger partial charge in [0.25, 0.3) is 0 Å². The van der Waals surface area contributed by atoms with Gasteiger partial charge in [0.2, 0.25) is 5.91 Å². The molecule has 2 unspecified atom stereocenters. The Hall–Kier alpha value is -0.220. The van der Waals surface area contributed by atoms with Crippen LogP contribution in [0.15, 0.2) is 0 Å². The zero-order valence-corrected chi connectivity index (χ0v) is 10.2. The summed E-state index contributed by atoms with van der Waals surface area (Å²) >= 11 is 1.76. The van der Waals surface area contributed by atoms with Crippen LogP contribution in [0.1, 0.15) is 26.7 Å². The molecule has 0 radical (unpaired) electrons. The molecule has 14 heavy (non-hydrogen) atoms. The van der Waals surface area contributed by atoms with E-state index < -0.39 is 0 Å². The van der Waals surface area contributed by atoms with Crippen LogP contribution in [0, 0.1) is 5.92 Å². The van der Waals surface area contributed by atoms with Crippen LogP contribution in [0.3, 0.4) is 0 Å². The lowest BCUT2D eigenvalue weighted by atomic mass is 10.1. The Balaban J connectivity index is 3.88. The molecule has 3 nitrogen and oxygen atoms in total. The number of rotatable bonds is 7. The molecule has 0 heterocycles. The summed E-state index contributed by atoms with van der Waals surface area (Å²) in [5, 5.41) is 3.04. The first-order chi connectivity index (χ1) is 6.65. The highest BCUT2D eigenvalue weighted by molar-refractivity contribution is 7.98. The van der Waals surface area contributed by atoms with Crippen LogP contribution in [0.25, 0.3) is 0 Å². The first-order valence-corrected chi connectivity index (χ1v) is 6.54. The standard InChI is InChI=1S/C10H22N2OS/c1-4-9(7-14-3)12-10(13)8(2)5-6-11/h8-9H,4-7,11H2,1-3H3,(H,12,13). The average molecular weight is 218 g/mol. The summed E-state index contributed by atoms with van der Waals surface area (Å²) in [6, 6.07) is 0.303. The number of thioether (sulfide) groups is 1. The van der Waals surface area contributed by atoms with Crippen molar-refractivity contribution in [2.24, 2.45) is 11.7 Å². The lowest BCUT2D eigenvalue weighted by Crippen LogP contribution is -2.39. The number of nitrogens with two attached hydrogens (primary N) is 1. The Labute approximate surface area is 91.2 Å². The fourth-order valence-electron chi connectivity index (χ4n) is 1.19. The van der Waals surface area contributed by atoms with Gasteiger partial charge in [-0.25, -0.2) is 0 Å². The fraction of sp³-hybridized carbons (Fsp3) is 0.900. The first-order valence-electron chi connectivity index (χ1n) is 5.15. The second-order valence-corrected chi connectivity index (χ2v) is 4.46. The number of hydrogen-bond donors (Lipinski definition) is 2. The third-order valence-corrected chi connectivity index (χ3v) is 2.99. The number of carbonyl (C=O) groups is 1. The quantitative estimate of drug-likeness (QED) is 0.676. The van der Waals surface area contributed by atoms with Gasteiger partial charge in [-0.05, 0) is 25.6 Å². The van der Waals surface area contributed by atoms with Crippen molar-refractivity contribution < 1.29 is 4.79 Å². The molecule has 0 aromatic carbocycles. The highest BCUT2D eigenvalue weighted by Crippen LogP contribution is 2.05. The average Bonchev–Trinajstić information content (AvgIpc) is 2.17. The van der Waals surface area contributed by atoms with Gasteiger partial charge in [-0.3, -0.25) is 4.79 Å². The minimum atomic E-state index is 0.0379. The van der Waals surface area contributed by atoms with Crippen LogP contribution >= 0.6 is 11.8 Å². The van der Waals surface area contributed by atoms with Crippen LogP contribution in [0.4, 0.5) is 0 Å². The van der Waals surface area contributed by atoms with Crippen molar-refractivity contribution in [3.05, 3.63) is 0 Å². The minimum Gasteiger partial charge on any atom is -0.352 e. The summed E-state index contributed by atoms with van der Waals surface area (Å²) < 4.78 is 0. The Morgan fingerprint density at radius 1 is 1.57 bits per heavy atom. The van der Waals surface area contributed by atoms with E-state index in [-0.39, 0.29) is 11.8 Å². The van der Waals surface area contributed by atoms with E-state index in [0.29, 0.717) is 12.6 Å². The molecule has 0 aliphatic rings. The van der Waals surface area contributed by atoms with E-state index in [1.807, 2.05) is 6.92 Å². The largest absolute Gasteiger partial charge is 0.352 e. The number of hydrogen-bond acceptors (Lipinski definition) is 3. The van der Waals surface area contributed by atoms with Gasteiger partial charge in [0, 0.05) is 17.7 Å². The molecule has 0 rings (SSSR count). The van der Waals surface area contributed by atoms with Crippen LogP contribution in [0.5, 0.6) is 0 Å². The minimum absolute atomic E-state index is 0.0379. The zero-order valence-electron chi connectivity index (χ0n) is 9.38. The number of amides is 1. The van der Waals surface area contributed by atoms with Crippen molar-refractivity contribution in [1.82, 2.24) is 5.32 Å². The molecule has 0 aliphatic carbocycles. The summed E-state index contributed by atoms with van der Waals surface area (Å²) in [6.07, 6.45) is 3.81. The van der Waals surface area contributed by atoms with E-state index in [9.17, 15) is 4.79 Å². The molecule has 0 saturated carbocycles. The molecular weight excluding hydrogens is 196 g/mol. The van der Waals surface area contributed by atoms with Crippen molar-refractivity contribution in [2.75, 3.05) is 18.6 Å². The SMILES string of the molecule is CCC(CSC)NC(=O)C(C)CCN. The van der Waals surface area contributed by atoms with E-state index in [4.69, 9.17) is 5.73 Å². The Bertz CT molecular complexity index is 164. The van der Waals surface area contributed by atoms with Gasteiger partial charge in [-0.2, -0.15) is 11.8 Å². The van der Waals surface area contributed by atoms with E-state index in [0.717, 1.165) is 18.6 Å². The second kappa shape index (κ2) is 8.12. The Morgan fingerprint density at radius 3 is 2.64 bits per heavy atom. The lowest BCUT2D eigenvalue weighted by molar-refractivity contribution is -0.125. The summed E-state index contributed by atoms with van der Waals surface area (Å²) in [5.74, 6) is 1.16. The second-order valence-electron chi connectivity index (χ2n) is 3.55. The van der Waals surface area contributed by atoms with Crippen molar-refractivity contribution in [2.45, 2.75) is 32.7 Å². The smallest absolute Gasteiger partial charge is 0.223 e. The highest BCUT2D eigenvalue weighted by Gasteiger charge is 2.15. The van der Waals surface area contributed by atoms with Crippen molar-refractivity contribution >= 4 is 17.7 Å². The van der Waals surface area contributed by atoms with Gasteiger partial charge in [0.15, 0.2) is 0 Å². The molecule has 1 amide bonds. The molecule has 0 bridgehead atoms. The molecule has 0 saturated heterocycles. The van der Waals surface area contributed by atoms with Crippen molar-refractivity contribution in [3.63, 3.8) is 0 Å². The predicted octanol–water partition coefficient (Wildman–Crippen LogP) is 1.23. The molecule has 0 aromatic rings. The highest BCUT2D eigenvalue weighted by atomic mass is 32.2. The van der Waals surface area contributed by atoms with Crippen LogP contribution in [-0.4, -0.2) is 30.5 Å². The van der Waals surface area contributed by atoms with E-state index in [2.05, 4.69) is 18.5 Å². The van der Waals surface area contributed by atoms with E-state index >= 15 is 0 Å². The van der Waals surface area contributed by atoms with E-state index in [1.54, 1.807) is 11.8 Å². The number of carbonyl (C=O) groups excluding carboxylic acids is 1. The third-order valence-electron chi connectivity index (χ3n) is 2.25. The maximum atomic E-state index is 11.6. The number of nitrogens with one attached hydrogen (secondary N) is 1. The Kier molecular flexibility index (Phi) is 7.99. The van der Waals surface area contributed by atoms with Crippen LogP contribution in [-0.2, 0) is 4.79 Å². The van der Waals surface area contributed by atoms with Crippen LogP contribution in [0.2, 0.25) is 0 Å². The van der Waals surface area contributed by atoms with Gasteiger partial charge in [-0.1, -0.05) is 13.8 Å². The monoisotopic (exact) mass is 218 g/mol. The van der Waals surface area contributed by atoms with Gasteiger partial charge in [-0.15, -0.1) is 0 Å². The fourth-order valence-corrected chi connectivity index (χ4v) is 1.91. The Morgan fingerprint density at radius 2 is 2.21 bits per heavy atom. The maximum Gasteiger partial charge on any atom is 0.223 e. The van der Waals surface area contributed by atoms with Gasteiger partial charge in [0.1, 0.15) is 0 Å². The van der Waals surface area contributed by atoms with Gasteiger partial charge in [0.05, 0.1) is 0 Å². The van der Waals surface area contributed by atoms with Crippen LogP contribution < -0.4 is 11.1 Å². The molecule has 4 heteroatoms. The maximum absolute atomic E-state index is 11.6. The first kappa shape index (κ1) is 13.8. The third kappa shape index (κ3) is 5.50. The molecule has 84 valence electrons. The topological polar surface area (TPSA) is 55.1 Å². The van der Waals surface area contributed by atoms with E-state index in [1.165, 1.54) is 0 Å². The van der Waals surface area contributed by atoms with Gasteiger partial charge >= 0.3 is 0 Å². The molecule has 2 atom stereocenters. The summed E-state index contributed by atoms with van der Waals surface area (Å²) in [7, 11) is 0. The summed E-state index contributed by atoms with van der Waals surface area (Å²) in [6.45, 7) is 4.59. The lowest BCUT2D eigenvalue weighted by Gasteiger charge is -2.18. The normalized spacial score (nSPS) is 14.9. The van der Waals surface area contributed by atoms with Crippen molar-refractivity contribution in [1.29, 1.82) is 0 Å². The van der Waals surface area contributed by atoms with Crippen molar-refractivity contribution in [3.8, 4) is 0 Å². The molecule has 3 N–H and O–H groups in total. The molecular formula is C10H22N2OS. The molecule has 0 spiro atoms.